The summed E-state index contributed by atoms with van der Waals surface area (Å²) in [7, 11) is 0. The van der Waals surface area contributed by atoms with Crippen molar-refractivity contribution in [2.45, 2.75) is 51.3 Å². The Balaban J connectivity index is 1.76. The smallest absolute Gasteiger partial charge is 0.407 e. The Labute approximate surface area is 162 Å². The molecular formula is C23H30N2O2. The van der Waals surface area contributed by atoms with Gasteiger partial charge in [-0.3, -0.25) is 4.90 Å². The number of nitrogens with one attached hydrogen (secondary N) is 1. The van der Waals surface area contributed by atoms with Crippen molar-refractivity contribution >= 4 is 6.09 Å². The number of alkyl carbamates (subject to hydrolysis) is 1. The van der Waals surface area contributed by atoms with E-state index >= 15 is 0 Å². The van der Waals surface area contributed by atoms with Gasteiger partial charge >= 0.3 is 6.09 Å². The van der Waals surface area contributed by atoms with Crippen LogP contribution in [0.5, 0.6) is 0 Å². The number of rotatable bonds is 4. The van der Waals surface area contributed by atoms with Crippen LogP contribution in [0, 0.1) is 0 Å². The molecule has 144 valence electrons. The summed E-state index contributed by atoms with van der Waals surface area (Å²) in [4.78, 5) is 14.7. The van der Waals surface area contributed by atoms with E-state index in [1.807, 2.05) is 20.8 Å². The van der Waals surface area contributed by atoms with Crippen LogP contribution in [-0.2, 0) is 4.74 Å². The first-order chi connectivity index (χ1) is 12.9. The molecule has 0 radical (unpaired) electrons. The molecule has 1 aliphatic heterocycles. The molecule has 0 bridgehead atoms. The SMILES string of the molecule is CC(C)(C)OC(=O)N[C@@H]1CCCN(C(c2ccccc2)c2ccccc2)C1. The maximum Gasteiger partial charge on any atom is 0.407 e. The van der Waals surface area contributed by atoms with Crippen molar-refractivity contribution in [3.8, 4) is 0 Å². The lowest BCUT2D eigenvalue weighted by atomic mass is 9.94. The number of hydrogen-bond donors (Lipinski definition) is 1. The number of hydrogen-bond acceptors (Lipinski definition) is 3. The Bertz CT molecular complexity index is 686. The maximum atomic E-state index is 12.2. The van der Waals surface area contributed by atoms with Crippen molar-refractivity contribution in [1.82, 2.24) is 10.2 Å². The molecule has 0 saturated carbocycles. The lowest BCUT2D eigenvalue weighted by Crippen LogP contribution is -2.49. The van der Waals surface area contributed by atoms with Crippen molar-refractivity contribution < 1.29 is 9.53 Å². The Morgan fingerprint density at radius 3 is 2.11 bits per heavy atom. The van der Waals surface area contributed by atoms with Crippen LogP contribution in [0.3, 0.4) is 0 Å². The van der Waals surface area contributed by atoms with E-state index in [9.17, 15) is 4.79 Å². The van der Waals surface area contributed by atoms with Gasteiger partial charge in [-0.15, -0.1) is 0 Å². The monoisotopic (exact) mass is 366 g/mol. The number of carbonyl (C=O) groups is 1. The molecule has 2 aromatic carbocycles. The fourth-order valence-corrected chi connectivity index (χ4v) is 3.72. The molecule has 4 nitrogen and oxygen atoms in total. The molecule has 1 aliphatic rings. The van der Waals surface area contributed by atoms with Crippen LogP contribution in [0.4, 0.5) is 4.79 Å². The van der Waals surface area contributed by atoms with E-state index in [2.05, 4.69) is 70.9 Å². The van der Waals surface area contributed by atoms with Crippen LogP contribution in [0.15, 0.2) is 60.7 Å². The zero-order chi connectivity index (χ0) is 19.3. The summed E-state index contributed by atoms with van der Waals surface area (Å²) in [5.41, 5.74) is 2.08. The van der Waals surface area contributed by atoms with Gasteiger partial charge in [0.2, 0.25) is 0 Å². The van der Waals surface area contributed by atoms with Crippen LogP contribution in [0.25, 0.3) is 0 Å². The van der Waals surface area contributed by atoms with E-state index < -0.39 is 5.60 Å². The van der Waals surface area contributed by atoms with E-state index in [-0.39, 0.29) is 18.2 Å². The molecule has 1 heterocycles. The van der Waals surface area contributed by atoms with E-state index in [0.29, 0.717) is 0 Å². The van der Waals surface area contributed by atoms with Gasteiger partial charge in [-0.25, -0.2) is 4.79 Å². The highest BCUT2D eigenvalue weighted by atomic mass is 16.6. The van der Waals surface area contributed by atoms with Gasteiger partial charge in [0.1, 0.15) is 5.60 Å². The summed E-state index contributed by atoms with van der Waals surface area (Å²) >= 11 is 0. The molecule has 1 N–H and O–H groups in total. The summed E-state index contributed by atoms with van der Waals surface area (Å²) in [5, 5.41) is 3.06. The van der Waals surface area contributed by atoms with Gasteiger partial charge in [-0.2, -0.15) is 0 Å². The average molecular weight is 367 g/mol. The molecule has 0 spiro atoms. The fraction of sp³-hybridized carbons (Fsp3) is 0.435. The van der Waals surface area contributed by atoms with Crippen LogP contribution in [-0.4, -0.2) is 35.7 Å². The second-order valence-corrected chi connectivity index (χ2v) is 8.20. The number of ether oxygens (including phenoxy) is 1. The van der Waals surface area contributed by atoms with Crippen LogP contribution in [0.2, 0.25) is 0 Å². The van der Waals surface area contributed by atoms with E-state index in [1.165, 1.54) is 11.1 Å². The highest BCUT2D eigenvalue weighted by Gasteiger charge is 2.29. The van der Waals surface area contributed by atoms with Crippen molar-refractivity contribution in [2.75, 3.05) is 13.1 Å². The third kappa shape index (κ3) is 5.57. The summed E-state index contributed by atoms with van der Waals surface area (Å²) in [6.45, 7) is 7.50. The normalized spacial score (nSPS) is 18.3. The number of piperidine rings is 1. The molecule has 0 aliphatic carbocycles. The largest absolute Gasteiger partial charge is 0.444 e. The summed E-state index contributed by atoms with van der Waals surface area (Å²) < 4.78 is 5.44. The molecule has 1 saturated heterocycles. The molecule has 3 rings (SSSR count). The number of benzene rings is 2. The van der Waals surface area contributed by atoms with Gasteiger partial charge < -0.3 is 10.1 Å². The lowest BCUT2D eigenvalue weighted by molar-refractivity contribution is 0.0462. The minimum atomic E-state index is -0.477. The number of likely N-dealkylation sites (tertiary alicyclic amines) is 1. The molecule has 1 amide bonds. The van der Waals surface area contributed by atoms with E-state index in [1.54, 1.807) is 0 Å². The molecule has 2 aromatic rings. The fourth-order valence-electron chi connectivity index (χ4n) is 3.72. The third-order valence-corrected chi connectivity index (χ3v) is 4.77. The molecule has 0 aromatic heterocycles. The first-order valence-corrected chi connectivity index (χ1v) is 9.76. The molecule has 0 unspecified atom stereocenters. The van der Waals surface area contributed by atoms with Crippen molar-refractivity contribution in [3.05, 3.63) is 71.8 Å². The van der Waals surface area contributed by atoms with Crippen molar-refractivity contribution in [1.29, 1.82) is 0 Å². The topological polar surface area (TPSA) is 41.6 Å². The van der Waals surface area contributed by atoms with E-state index in [4.69, 9.17) is 4.74 Å². The number of nitrogens with zero attached hydrogens (tertiary/aromatic N) is 1. The van der Waals surface area contributed by atoms with Gasteiger partial charge in [0.05, 0.1) is 6.04 Å². The van der Waals surface area contributed by atoms with Gasteiger partial charge in [-0.05, 0) is 51.3 Å². The minimum absolute atomic E-state index is 0.100. The lowest BCUT2D eigenvalue weighted by Gasteiger charge is -2.39. The van der Waals surface area contributed by atoms with Gasteiger partial charge in [0.15, 0.2) is 0 Å². The summed E-state index contributed by atoms with van der Waals surface area (Å²) in [5.74, 6) is 0. The van der Waals surface area contributed by atoms with Gasteiger partial charge in [0.25, 0.3) is 0 Å². The minimum Gasteiger partial charge on any atom is -0.444 e. The third-order valence-electron chi connectivity index (χ3n) is 4.77. The maximum absolute atomic E-state index is 12.2. The highest BCUT2D eigenvalue weighted by molar-refractivity contribution is 5.68. The Morgan fingerprint density at radius 1 is 1.04 bits per heavy atom. The first kappa shape index (κ1) is 19.4. The van der Waals surface area contributed by atoms with Gasteiger partial charge in [0, 0.05) is 12.6 Å². The Kier molecular flexibility index (Phi) is 6.17. The average Bonchev–Trinajstić information content (AvgIpc) is 2.62. The van der Waals surface area contributed by atoms with Gasteiger partial charge in [-0.1, -0.05) is 60.7 Å². The van der Waals surface area contributed by atoms with Crippen LogP contribution >= 0.6 is 0 Å². The Morgan fingerprint density at radius 2 is 1.59 bits per heavy atom. The zero-order valence-corrected chi connectivity index (χ0v) is 16.5. The van der Waals surface area contributed by atoms with Crippen LogP contribution < -0.4 is 5.32 Å². The first-order valence-electron chi connectivity index (χ1n) is 9.76. The predicted octanol–water partition coefficient (Wildman–Crippen LogP) is 4.77. The molecule has 4 heteroatoms. The zero-order valence-electron chi connectivity index (χ0n) is 16.5. The second kappa shape index (κ2) is 8.57. The van der Waals surface area contributed by atoms with Crippen molar-refractivity contribution in [3.63, 3.8) is 0 Å². The second-order valence-electron chi connectivity index (χ2n) is 8.20. The number of carbonyl (C=O) groups excluding carboxylic acids is 1. The van der Waals surface area contributed by atoms with Crippen molar-refractivity contribution in [2.24, 2.45) is 0 Å². The standard InChI is InChI=1S/C23H30N2O2/c1-23(2,3)27-22(26)24-20-15-10-16-25(17-20)21(18-11-6-4-7-12-18)19-13-8-5-9-14-19/h4-9,11-14,20-21H,10,15-17H2,1-3H3,(H,24,26)/t20-/m1/s1. The molecule has 1 fully saturated rings. The predicted molar refractivity (Wildman–Crippen MR) is 109 cm³/mol. The molecule has 27 heavy (non-hydrogen) atoms. The summed E-state index contributed by atoms with van der Waals surface area (Å²) in [6, 6.07) is 21.5. The quantitative estimate of drug-likeness (QED) is 0.848. The Hall–Kier alpha value is -2.33. The highest BCUT2D eigenvalue weighted by Crippen LogP contribution is 2.31. The molecular weight excluding hydrogens is 336 g/mol. The molecule has 1 atom stereocenters. The van der Waals surface area contributed by atoms with Crippen LogP contribution in [0.1, 0.15) is 50.8 Å². The number of amides is 1. The summed E-state index contributed by atoms with van der Waals surface area (Å²) in [6.07, 6.45) is 1.70. The van der Waals surface area contributed by atoms with E-state index in [0.717, 1.165) is 25.9 Å².